The fraction of sp³-hybridized carbons (Fsp3) is 0.280. The third-order valence-electron chi connectivity index (χ3n) is 5.89. The molecule has 148 valence electrons. The van der Waals surface area contributed by atoms with Gasteiger partial charge >= 0.3 is 5.97 Å². The number of hydrogen-bond donors (Lipinski definition) is 1. The summed E-state index contributed by atoms with van der Waals surface area (Å²) in [6.45, 7) is 6.49. The lowest BCUT2D eigenvalue weighted by Gasteiger charge is -2.36. The van der Waals surface area contributed by atoms with Gasteiger partial charge in [-0.25, -0.2) is 14.2 Å². The fourth-order valence-electron chi connectivity index (χ4n) is 4.16. The van der Waals surface area contributed by atoms with Crippen LogP contribution >= 0.6 is 0 Å². The van der Waals surface area contributed by atoms with Gasteiger partial charge in [0, 0.05) is 10.9 Å². The third kappa shape index (κ3) is 3.55. The maximum Gasteiger partial charge on any atom is 0.336 e. The second-order valence-corrected chi connectivity index (χ2v) is 8.80. The number of carboxylic acid groups (broad SMARTS) is 1. The van der Waals surface area contributed by atoms with Gasteiger partial charge < -0.3 is 5.11 Å². The van der Waals surface area contributed by atoms with E-state index in [1.807, 2.05) is 30.3 Å². The minimum atomic E-state index is -0.945. The topological polar surface area (TPSA) is 50.2 Å². The first-order chi connectivity index (χ1) is 13.8. The molecule has 1 heterocycles. The monoisotopic (exact) mass is 389 g/mol. The molecule has 0 aliphatic heterocycles. The van der Waals surface area contributed by atoms with E-state index in [-0.39, 0.29) is 17.2 Å². The number of allylic oxidation sites excluding steroid dienone is 1. The van der Waals surface area contributed by atoms with Gasteiger partial charge in [0.2, 0.25) is 0 Å². The summed E-state index contributed by atoms with van der Waals surface area (Å²) in [4.78, 5) is 17.1. The summed E-state index contributed by atoms with van der Waals surface area (Å²) in [5.74, 6) is -1.01. The van der Waals surface area contributed by atoms with Gasteiger partial charge in [0.1, 0.15) is 5.82 Å². The van der Waals surface area contributed by atoms with E-state index in [1.165, 1.54) is 6.07 Å². The lowest BCUT2D eigenvalue weighted by atomic mass is 9.69. The standard InChI is InChI=1S/C25H24FNO2/c1-25(2,3)17-13-16(12-15-8-4-6-10-20(15)26)23-19(14-17)22(24(28)29)18-9-5-7-11-21(18)27-23/h4-12,17H,13-14H2,1-3H3,(H,28,29). The zero-order valence-electron chi connectivity index (χ0n) is 16.9. The van der Waals surface area contributed by atoms with Gasteiger partial charge in [-0.3, -0.25) is 0 Å². The number of para-hydroxylation sites is 1. The van der Waals surface area contributed by atoms with Gasteiger partial charge in [-0.1, -0.05) is 57.2 Å². The number of aromatic nitrogens is 1. The highest BCUT2D eigenvalue weighted by molar-refractivity contribution is 6.06. The molecule has 1 aromatic heterocycles. The van der Waals surface area contributed by atoms with Gasteiger partial charge in [-0.15, -0.1) is 0 Å². The van der Waals surface area contributed by atoms with E-state index in [2.05, 4.69) is 20.8 Å². The maximum atomic E-state index is 14.4. The minimum Gasteiger partial charge on any atom is -0.478 e. The van der Waals surface area contributed by atoms with Crippen molar-refractivity contribution in [1.29, 1.82) is 0 Å². The van der Waals surface area contributed by atoms with Crippen LogP contribution in [0.3, 0.4) is 0 Å². The Morgan fingerprint density at radius 1 is 1.10 bits per heavy atom. The van der Waals surface area contributed by atoms with Crippen molar-refractivity contribution in [3.63, 3.8) is 0 Å². The van der Waals surface area contributed by atoms with Crippen molar-refractivity contribution in [3.8, 4) is 0 Å². The molecule has 0 radical (unpaired) electrons. The number of halogens is 1. The van der Waals surface area contributed by atoms with Crippen molar-refractivity contribution in [3.05, 3.63) is 76.7 Å². The lowest BCUT2D eigenvalue weighted by Crippen LogP contribution is -2.28. The van der Waals surface area contributed by atoms with Gasteiger partial charge in [0.15, 0.2) is 0 Å². The Labute approximate surface area is 169 Å². The van der Waals surface area contributed by atoms with Crippen LogP contribution in [-0.2, 0) is 6.42 Å². The fourth-order valence-corrected chi connectivity index (χ4v) is 4.16. The Kier molecular flexibility index (Phi) is 4.73. The number of hydrogen-bond acceptors (Lipinski definition) is 2. The zero-order valence-corrected chi connectivity index (χ0v) is 16.9. The number of pyridine rings is 1. The average molecular weight is 389 g/mol. The maximum absolute atomic E-state index is 14.4. The minimum absolute atomic E-state index is 0.0204. The smallest absolute Gasteiger partial charge is 0.336 e. The molecule has 0 saturated carbocycles. The molecule has 4 rings (SSSR count). The Bertz CT molecular complexity index is 1140. The number of fused-ring (bicyclic) bond motifs is 2. The summed E-state index contributed by atoms with van der Waals surface area (Å²) in [5.41, 5.74) is 3.78. The second kappa shape index (κ2) is 7.11. The molecule has 0 amide bonds. The molecule has 0 fully saturated rings. The van der Waals surface area contributed by atoms with E-state index < -0.39 is 5.97 Å². The number of carbonyl (C=O) groups is 1. The van der Waals surface area contributed by atoms with Crippen LogP contribution in [0.25, 0.3) is 22.6 Å². The number of carboxylic acids is 1. The van der Waals surface area contributed by atoms with Crippen LogP contribution in [0.15, 0.2) is 48.5 Å². The molecule has 0 saturated heterocycles. The molecule has 29 heavy (non-hydrogen) atoms. The van der Waals surface area contributed by atoms with Gasteiger partial charge in [0.25, 0.3) is 0 Å². The first-order valence-corrected chi connectivity index (χ1v) is 9.86. The van der Waals surface area contributed by atoms with Gasteiger partial charge in [-0.05, 0) is 53.5 Å². The van der Waals surface area contributed by atoms with Gasteiger partial charge in [0.05, 0.1) is 16.8 Å². The predicted molar refractivity (Wildman–Crippen MR) is 114 cm³/mol. The zero-order chi connectivity index (χ0) is 20.8. The molecule has 3 nitrogen and oxygen atoms in total. The first-order valence-electron chi connectivity index (χ1n) is 9.86. The summed E-state index contributed by atoms with van der Waals surface area (Å²) >= 11 is 0. The van der Waals surface area contributed by atoms with Crippen molar-refractivity contribution < 1.29 is 14.3 Å². The quantitative estimate of drug-likeness (QED) is 0.566. The molecule has 0 spiro atoms. The van der Waals surface area contributed by atoms with E-state index in [1.54, 1.807) is 18.2 Å². The van der Waals surface area contributed by atoms with E-state index in [0.29, 0.717) is 34.1 Å². The molecular weight excluding hydrogens is 365 g/mol. The van der Waals surface area contributed by atoms with E-state index in [0.717, 1.165) is 17.6 Å². The van der Waals surface area contributed by atoms with Crippen molar-refractivity contribution in [2.75, 3.05) is 0 Å². The van der Waals surface area contributed by atoms with Crippen LogP contribution in [0.1, 0.15) is 54.4 Å². The Balaban J connectivity index is 2.02. The first kappa shape index (κ1) is 19.3. The van der Waals surface area contributed by atoms with E-state index in [9.17, 15) is 14.3 Å². The summed E-state index contributed by atoms with van der Waals surface area (Å²) in [6.07, 6.45) is 3.21. The molecule has 3 aromatic rings. The van der Waals surface area contributed by atoms with E-state index >= 15 is 0 Å². The Morgan fingerprint density at radius 2 is 1.79 bits per heavy atom. The van der Waals surface area contributed by atoms with Crippen LogP contribution in [-0.4, -0.2) is 16.1 Å². The second-order valence-electron chi connectivity index (χ2n) is 8.80. The largest absolute Gasteiger partial charge is 0.478 e. The SMILES string of the molecule is CC(C)(C)C1CC(=Cc2ccccc2F)c2nc3ccccc3c(C(=O)O)c2C1. The highest BCUT2D eigenvalue weighted by Crippen LogP contribution is 2.44. The normalized spacial score (nSPS) is 18.1. The molecule has 1 aliphatic rings. The molecule has 2 aromatic carbocycles. The third-order valence-corrected chi connectivity index (χ3v) is 5.89. The van der Waals surface area contributed by atoms with E-state index in [4.69, 9.17) is 4.98 Å². The van der Waals surface area contributed by atoms with Gasteiger partial charge in [-0.2, -0.15) is 0 Å². The Morgan fingerprint density at radius 3 is 2.48 bits per heavy atom. The van der Waals surface area contributed by atoms with Crippen molar-refractivity contribution in [1.82, 2.24) is 4.98 Å². The molecule has 1 aliphatic carbocycles. The van der Waals surface area contributed by atoms with Crippen LogP contribution < -0.4 is 0 Å². The van der Waals surface area contributed by atoms with Crippen LogP contribution in [0.4, 0.5) is 4.39 Å². The summed E-state index contributed by atoms with van der Waals surface area (Å²) in [6, 6.07) is 14.0. The summed E-state index contributed by atoms with van der Waals surface area (Å²) < 4.78 is 14.4. The molecule has 1 N–H and O–H groups in total. The number of nitrogens with zero attached hydrogens (tertiary/aromatic N) is 1. The van der Waals surface area contributed by atoms with Crippen molar-refractivity contribution in [2.24, 2.45) is 11.3 Å². The van der Waals surface area contributed by atoms with Crippen LogP contribution in [0.5, 0.6) is 0 Å². The number of benzene rings is 2. The molecule has 1 atom stereocenters. The predicted octanol–water partition coefficient (Wildman–Crippen LogP) is 6.22. The number of rotatable bonds is 2. The highest BCUT2D eigenvalue weighted by Gasteiger charge is 2.35. The van der Waals surface area contributed by atoms with Crippen molar-refractivity contribution >= 4 is 28.5 Å². The molecule has 4 heteroatoms. The molecular formula is C25H24FNO2. The Hall–Kier alpha value is -3.01. The van der Waals surface area contributed by atoms with Crippen molar-refractivity contribution in [2.45, 2.75) is 33.6 Å². The highest BCUT2D eigenvalue weighted by atomic mass is 19.1. The molecule has 0 bridgehead atoms. The average Bonchev–Trinajstić information content (AvgIpc) is 2.67. The summed E-state index contributed by atoms with van der Waals surface area (Å²) in [5, 5.41) is 10.7. The number of aromatic carboxylic acids is 1. The lowest BCUT2D eigenvalue weighted by molar-refractivity contribution is 0.0696. The summed E-state index contributed by atoms with van der Waals surface area (Å²) in [7, 11) is 0. The molecule has 1 unspecified atom stereocenters. The van der Waals surface area contributed by atoms with Crippen LogP contribution in [0, 0.1) is 17.2 Å². The van der Waals surface area contributed by atoms with Crippen LogP contribution in [0.2, 0.25) is 0 Å².